The fourth-order valence-corrected chi connectivity index (χ4v) is 5.74. The number of ether oxygens (including phenoxy) is 1. The molecule has 1 N–H and O–H groups in total. The fourth-order valence-electron chi connectivity index (χ4n) is 4.77. The number of benzene rings is 3. The normalized spacial score (nSPS) is 13.4. The zero-order valence-electron chi connectivity index (χ0n) is 21.4. The smallest absolute Gasteiger partial charge is 0.416 e. The highest BCUT2D eigenvalue weighted by molar-refractivity contribution is 7.98. The van der Waals surface area contributed by atoms with Crippen LogP contribution in [0.2, 0.25) is 0 Å². The van der Waals surface area contributed by atoms with Crippen LogP contribution in [0.4, 0.5) is 19.1 Å². The first-order valence-electron chi connectivity index (χ1n) is 12.6. The van der Waals surface area contributed by atoms with E-state index in [4.69, 9.17) is 9.72 Å². The van der Waals surface area contributed by atoms with E-state index < -0.39 is 11.7 Å². The van der Waals surface area contributed by atoms with Gasteiger partial charge in [-0.2, -0.15) is 13.2 Å². The van der Waals surface area contributed by atoms with Gasteiger partial charge in [0.05, 0.1) is 47.2 Å². The third-order valence-corrected chi connectivity index (χ3v) is 7.82. The lowest BCUT2D eigenvalue weighted by Crippen LogP contribution is -2.38. The number of nitrogens with one attached hydrogen (secondary N) is 1. The number of nitrogens with zero attached hydrogens (tertiary/aromatic N) is 4. The molecular weight excluding hydrogens is 539 g/mol. The van der Waals surface area contributed by atoms with E-state index in [0.717, 1.165) is 29.1 Å². The highest BCUT2D eigenvalue weighted by Gasteiger charge is 2.31. The van der Waals surface area contributed by atoms with Crippen LogP contribution in [0.5, 0.6) is 5.75 Å². The van der Waals surface area contributed by atoms with Crippen LogP contribution in [-0.4, -0.2) is 33.2 Å². The molecule has 6 rings (SSSR count). The predicted molar refractivity (Wildman–Crippen MR) is 148 cm³/mol. The first-order valence-corrected chi connectivity index (χ1v) is 13.6. The minimum absolute atomic E-state index is 0.176. The molecule has 0 atom stereocenters. The Hall–Kier alpha value is -4.25. The number of anilines is 1. The van der Waals surface area contributed by atoms with Crippen LogP contribution in [0.15, 0.2) is 82.7 Å². The van der Waals surface area contributed by atoms with E-state index in [1.165, 1.54) is 17.8 Å². The highest BCUT2D eigenvalue weighted by atomic mass is 32.2. The zero-order valence-corrected chi connectivity index (χ0v) is 22.2. The molecule has 1 aliphatic heterocycles. The summed E-state index contributed by atoms with van der Waals surface area (Å²) in [6, 6.07) is 20.5. The number of halogens is 3. The fraction of sp³-hybridized carbons (Fsp3) is 0.207. The first kappa shape index (κ1) is 26.0. The Bertz CT molecular complexity index is 1750. The lowest BCUT2D eigenvalue weighted by Gasteiger charge is -2.28. The molecule has 5 aromatic rings. The molecule has 11 heteroatoms. The summed E-state index contributed by atoms with van der Waals surface area (Å²) in [5.74, 6) is 1.78. The minimum atomic E-state index is -4.44. The van der Waals surface area contributed by atoms with E-state index in [-0.39, 0.29) is 12.1 Å². The molecule has 0 unspecified atom stereocenters. The summed E-state index contributed by atoms with van der Waals surface area (Å²) in [5, 5.41) is 0.592. The van der Waals surface area contributed by atoms with Gasteiger partial charge in [-0.25, -0.2) is 9.97 Å². The number of H-pyrrole nitrogens is 1. The summed E-state index contributed by atoms with van der Waals surface area (Å²) in [4.78, 5) is 28.3. The second kappa shape index (κ2) is 10.4. The predicted octanol–water partition coefficient (Wildman–Crippen LogP) is 5.99. The van der Waals surface area contributed by atoms with Crippen molar-refractivity contribution < 1.29 is 17.9 Å². The van der Waals surface area contributed by atoms with Gasteiger partial charge < -0.3 is 14.6 Å². The summed E-state index contributed by atoms with van der Waals surface area (Å²) >= 11 is 1.48. The Morgan fingerprint density at radius 1 is 1.02 bits per heavy atom. The maximum absolute atomic E-state index is 14.0. The van der Waals surface area contributed by atoms with Crippen molar-refractivity contribution in [1.82, 2.24) is 19.5 Å². The van der Waals surface area contributed by atoms with Crippen molar-refractivity contribution >= 4 is 28.7 Å². The van der Waals surface area contributed by atoms with Gasteiger partial charge in [-0.15, -0.1) is 0 Å². The van der Waals surface area contributed by atoms with Gasteiger partial charge in [0.15, 0.2) is 5.16 Å². The molecule has 3 aromatic carbocycles. The summed E-state index contributed by atoms with van der Waals surface area (Å²) < 4.78 is 46.5. The third-order valence-electron chi connectivity index (χ3n) is 6.81. The van der Waals surface area contributed by atoms with Crippen molar-refractivity contribution in [3.63, 3.8) is 0 Å². The van der Waals surface area contributed by atoms with Gasteiger partial charge in [0.2, 0.25) is 5.95 Å². The van der Waals surface area contributed by atoms with E-state index in [1.54, 1.807) is 11.7 Å². The number of thioether (sulfide) groups is 1. The third kappa shape index (κ3) is 5.04. The molecule has 0 saturated carbocycles. The minimum Gasteiger partial charge on any atom is -0.497 e. The van der Waals surface area contributed by atoms with Crippen LogP contribution in [-0.2, 0) is 24.9 Å². The van der Waals surface area contributed by atoms with E-state index in [2.05, 4.69) is 9.97 Å². The molecule has 0 bridgehead atoms. The quantitative estimate of drug-likeness (QED) is 0.202. The average molecular weight is 564 g/mol. The number of hydrogen-bond donors (Lipinski definition) is 1. The Balaban J connectivity index is 1.34. The number of imidazole rings is 1. The molecule has 0 amide bonds. The van der Waals surface area contributed by atoms with Crippen molar-refractivity contribution in [1.29, 1.82) is 0 Å². The molecule has 0 saturated heterocycles. The van der Waals surface area contributed by atoms with Crippen molar-refractivity contribution in [2.24, 2.45) is 0 Å². The molecule has 2 aromatic heterocycles. The van der Waals surface area contributed by atoms with Crippen molar-refractivity contribution in [3.05, 3.63) is 106 Å². The van der Waals surface area contributed by atoms with Gasteiger partial charge >= 0.3 is 6.18 Å². The average Bonchev–Trinajstić information content (AvgIpc) is 3.40. The molecule has 7 nitrogen and oxygen atoms in total. The van der Waals surface area contributed by atoms with Crippen molar-refractivity contribution in [2.75, 3.05) is 18.6 Å². The number of methoxy groups -OCH3 is 1. The van der Waals surface area contributed by atoms with Crippen LogP contribution in [0.25, 0.3) is 16.7 Å². The Morgan fingerprint density at radius 2 is 1.85 bits per heavy atom. The largest absolute Gasteiger partial charge is 0.497 e. The SMILES string of the molecule is COc1cccc(CSc2nc3c(c(=O)n2-c2ccccc2)CN(c2nc4ccc(C(F)(F)F)cc4[nH]2)CC3)c1. The Kier molecular flexibility index (Phi) is 6.75. The molecule has 3 heterocycles. The molecule has 0 radical (unpaired) electrons. The standard InChI is InChI=1S/C29H24F3N5O2S/c1-39-21-9-5-6-18(14-21)17-40-28-35-23-12-13-36(16-22(23)26(38)37(28)20-7-3-2-4-8-20)27-33-24-11-10-19(29(30,31)32)15-25(24)34-27/h2-11,14-15H,12-13,16-17H2,1H3,(H,33,34). The second-order valence-electron chi connectivity index (χ2n) is 9.40. The molecular formula is C29H24F3N5O2S. The van der Waals surface area contributed by atoms with E-state index >= 15 is 0 Å². The monoisotopic (exact) mass is 563 g/mol. The van der Waals surface area contributed by atoms with Gasteiger partial charge in [-0.3, -0.25) is 9.36 Å². The first-order chi connectivity index (χ1) is 19.3. The molecule has 204 valence electrons. The van der Waals surface area contributed by atoms with Crippen molar-refractivity contribution in [2.45, 2.75) is 30.1 Å². The molecule has 0 aliphatic carbocycles. The number of aromatic amines is 1. The van der Waals surface area contributed by atoms with Gasteiger partial charge in [0.25, 0.3) is 5.56 Å². The number of fused-ring (bicyclic) bond motifs is 2. The Labute approximate surface area is 231 Å². The molecule has 40 heavy (non-hydrogen) atoms. The van der Waals surface area contributed by atoms with Crippen LogP contribution >= 0.6 is 11.8 Å². The van der Waals surface area contributed by atoms with Crippen LogP contribution < -0.4 is 15.2 Å². The summed E-state index contributed by atoms with van der Waals surface area (Å²) in [6.45, 7) is 0.751. The van der Waals surface area contributed by atoms with Gasteiger partial charge in [0, 0.05) is 18.7 Å². The number of rotatable bonds is 6. The second-order valence-corrected chi connectivity index (χ2v) is 10.3. The highest BCUT2D eigenvalue weighted by Crippen LogP contribution is 2.32. The van der Waals surface area contributed by atoms with Gasteiger partial charge in [-0.1, -0.05) is 42.1 Å². The molecule has 0 fully saturated rings. The van der Waals surface area contributed by atoms with Gasteiger partial charge in [0.1, 0.15) is 5.75 Å². The number of para-hydroxylation sites is 1. The van der Waals surface area contributed by atoms with E-state index in [1.807, 2.05) is 59.5 Å². The van der Waals surface area contributed by atoms with E-state index in [0.29, 0.717) is 52.1 Å². The molecule has 1 aliphatic rings. The van der Waals surface area contributed by atoms with Gasteiger partial charge in [-0.05, 0) is 48.0 Å². The lowest BCUT2D eigenvalue weighted by atomic mass is 10.1. The van der Waals surface area contributed by atoms with Crippen LogP contribution in [0.3, 0.4) is 0 Å². The van der Waals surface area contributed by atoms with Crippen LogP contribution in [0.1, 0.15) is 22.4 Å². The number of hydrogen-bond acceptors (Lipinski definition) is 6. The number of aromatic nitrogens is 4. The zero-order chi connectivity index (χ0) is 27.9. The summed E-state index contributed by atoms with van der Waals surface area (Å²) in [5.41, 5.74) is 2.81. The maximum Gasteiger partial charge on any atom is 0.416 e. The maximum atomic E-state index is 14.0. The number of alkyl halides is 3. The summed E-state index contributed by atoms with van der Waals surface area (Å²) in [6.07, 6.45) is -3.95. The summed E-state index contributed by atoms with van der Waals surface area (Å²) in [7, 11) is 1.62. The molecule has 0 spiro atoms. The van der Waals surface area contributed by atoms with Crippen LogP contribution in [0, 0.1) is 0 Å². The topological polar surface area (TPSA) is 76.0 Å². The van der Waals surface area contributed by atoms with Crippen molar-refractivity contribution in [3.8, 4) is 11.4 Å². The Morgan fingerprint density at radius 3 is 2.62 bits per heavy atom. The lowest BCUT2D eigenvalue weighted by molar-refractivity contribution is -0.137. The van der Waals surface area contributed by atoms with E-state index in [9.17, 15) is 18.0 Å².